The van der Waals surface area contributed by atoms with Crippen molar-refractivity contribution in [3.63, 3.8) is 0 Å². The van der Waals surface area contributed by atoms with Gasteiger partial charge < -0.3 is 9.47 Å². The van der Waals surface area contributed by atoms with E-state index in [2.05, 4.69) is 20.8 Å². The molecule has 0 bridgehead atoms. The summed E-state index contributed by atoms with van der Waals surface area (Å²) in [6, 6.07) is 0. The lowest BCUT2D eigenvalue weighted by atomic mass is 9.79. The SMILES string of the molecule is CCCCCCCOC(=O)C1CCCCC1C(=O)OCC(CC)CCCC. The van der Waals surface area contributed by atoms with Crippen LogP contribution < -0.4 is 0 Å². The fourth-order valence-corrected chi connectivity index (χ4v) is 3.89. The Labute approximate surface area is 166 Å². The van der Waals surface area contributed by atoms with Gasteiger partial charge in [-0.15, -0.1) is 0 Å². The number of unbranched alkanes of at least 4 members (excludes halogenated alkanes) is 5. The van der Waals surface area contributed by atoms with Gasteiger partial charge in [0.2, 0.25) is 0 Å². The maximum absolute atomic E-state index is 12.6. The molecule has 0 N–H and O–H groups in total. The number of hydrogen-bond acceptors (Lipinski definition) is 4. The zero-order valence-electron chi connectivity index (χ0n) is 18.0. The van der Waals surface area contributed by atoms with E-state index in [1.54, 1.807) is 0 Å². The van der Waals surface area contributed by atoms with Crippen LogP contribution >= 0.6 is 0 Å². The minimum atomic E-state index is -0.310. The van der Waals surface area contributed by atoms with Crippen molar-refractivity contribution in [3.05, 3.63) is 0 Å². The summed E-state index contributed by atoms with van der Waals surface area (Å²) >= 11 is 0. The lowest BCUT2D eigenvalue weighted by molar-refractivity contribution is -0.163. The van der Waals surface area contributed by atoms with E-state index in [1.807, 2.05) is 0 Å². The van der Waals surface area contributed by atoms with Crippen LogP contribution in [0.2, 0.25) is 0 Å². The van der Waals surface area contributed by atoms with Crippen molar-refractivity contribution in [1.82, 2.24) is 0 Å². The predicted octanol–water partition coefficient (Wildman–Crippen LogP) is 6.07. The zero-order chi connectivity index (χ0) is 19.9. The highest BCUT2D eigenvalue weighted by atomic mass is 16.5. The molecule has 1 aliphatic carbocycles. The van der Waals surface area contributed by atoms with Crippen LogP contribution in [-0.2, 0) is 19.1 Å². The Kier molecular flexibility index (Phi) is 13.3. The van der Waals surface area contributed by atoms with Crippen LogP contribution in [0.5, 0.6) is 0 Å². The lowest BCUT2D eigenvalue weighted by Gasteiger charge is -2.28. The molecule has 27 heavy (non-hydrogen) atoms. The van der Waals surface area contributed by atoms with Crippen LogP contribution in [0.15, 0.2) is 0 Å². The monoisotopic (exact) mass is 382 g/mol. The molecule has 0 saturated heterocycles. The van der Waals surface area contributed by atoms with Gasteiger partial charge in [0.25, 0.3) is 0 Å². The second-order valence-corrected chi connectivity index (χ2v) is 8.13. The molecule has 0 radical (unpaired) electrons. The molecule has 158 valence electrons. The molecule has 0 aromatic rings. The first-order valence-corrected chi connectivity index (χ1v) is 11.5. The minimum absolute atomic E-state index is 0.186. The van der Waals surface area contributed by atoms with Gasteiger partial charge in [-0.2, -0.15) is 0 Å². The summed E-state index contributed by atoms with van der Waals surface area (Å²) in [4.78, 5) is 25.1. The molecule has 0 spiro atoms. The van der Waals surface area contributed by atoms with Gasteiger partial charge in [-0.1, -0.05) is 78.6 Å². The van der Waals surface area contributed by atoms with Crippen LogP contribution in [0.4, 0.5) is 0 Å². The standard InChI is InChI=1S/C23H42O4/c1-4-7-9-10-13-17-26-22(24)20-15-11-12-16-21(20)23(25)27-18-19(6-3)14-8-5-2/h19-21H,4-18H2,1-3H3. The van der Waals surface area contributed by atoms with Gasteiger partial charge in [-0.25, -0.2) is 0 Å². The molecule has 1 rings (SSSR count). The van der Waals surface area contributed by atoms with E-state index in [4.69, 9.17) is 9.47 Å². The van der Waals surface area contributed by atoms with E-state index < -0.39 is 0 Å². The zero-order valence-corrected chi connectivity index (χ0v) is 18.0. The number of ether oxygens (including phenoxy) is 2. The maximum atomic E-state index is 12.6. The van der Waals surface area contributed by atoms with Gasteiger partial charge in [-0.05, 0) is 31.6 Å². The average Bonchev–Trinajstić information content (AvgIpc) is 2.70. The third-order valence-corrected chi connectivity index (χ3v) is 5.87. The molecule has 4 nitrogen and oxygen atoms in total. The molecule has 0 aromatic carbocycles. The second-order valence-electron chi connectivity index (χ2n) is 8.13. The summed E-state index contributed by atoms with van der Waals surface area (Å²) in [5.74, 6) is -0.557. The summed E-state index contributed by atoms with van der Waals surface area (Å²) < 4.78 is 11.1. The van der Waals surface area contributed by atoms with E-state index in [-0.39, 0.29) is 23.8 Å². The Bertz CT molecular complexity index is 407. The van der Waals surface area contributed by atoms with Gasteiger partial charge in [0, 0.05) is 0 Å². The minimum Gasteiger partial charge on any atom is -0.465 e. The van der Waals surface area contributed by atoms with Crippen LogP contribution in [0.25, 0.3) is 0 Å². The first-order valence-electron chi connectivity index (χ1n) is 11.5. The third-order valence-electron chi connectivity index (χ3n) is 5.87. The molecule has 3 atom stereocenters. The molecule has 4 heteroatoms. The summed E-state index contributed by atoms with van der Waals surface area (Å²) in [5, 5.41) is 0. The van der Waals surface area contributed by atoms with Gasteiger partial charge in [0.1, 0.15) is 0 Å². The summed E-state index contributed by atoms with van der Waals surface area (Å²) in [7, 11) is 0. The van der Waals surface area contributed by atoms with Gasteiger partial charge in [-0.3, -0.25) is 9.59 Å². The molecular weight excluding hydrogens is 340 g/mol. The number of esters is 2. The quantitative estimate of drug-likeness (QED) is 0.270. The number of carbonyl (C=O) groups excluding carboxylic acids is 2. The maximum Gasteiger partial charge on any atom is 0.309 e. The van der Waals surface area contributed by atoms with Gasteiger partial charge >= 0.3 is 11.9 Å². The Balaban J connectivity index is 2.41. The van der Waals surface area contributed by atoms with Crippen molar-refractivity contribution in [1.29, 1.82) is 0 Å². The fourth-order valence-electron chi connectivity index (χ4n) is 3.89. The summed E-state index contributed by atoms with van der Waals surface area (Å²) in [5.41, 5.74) is 0. The Morgan fingerprint density at radius 3 is 2.00 bits per heavy atom. The van der Waals surface area contributed by atoms with Gasteiger partial charge in [0.05, 0.1) is 25.0 Å². The number of rotatable bonds is 14. The van der Waals surface area contributed by atoms with Crippen molar-refractivity contribution >= 4 is 11.9 Å². The normalized spacial score (nSPS) is 20.9. The van der Waals surface area contributed by atoms with E-state index in [9.17, 15) is 9.59 Å². The molecule has 1 fully saturated rings. The average molecular weight is 383 g/mol. The van der Waals surface area contributed by atoms with E-state index in [1.165, 1.54) is 32.1 Å². The first kappa shape index (κ1) is 24.0. The first-order chi connectivity index (χ1) is 13.1. The topological polar surface area (TPSA) is 52.6 Å². The molecule has 0 aliphatic heterocycles. The molecule has 3 unspecified atom stereocenters. The van der Waals surface area contributed by atoms with Crippen LogP contribution in [-0.4, -0.2) is 25.2 Å². The second kappa shape index (κ2) is 14.9. The summed E-state index contributed by atoms with van der Waals surface area (Å²) in [6.45, 7) is 7.49. The van der Waals surface area contributed by atoms with E-state index in [0.717, 1.165) is 51.4 Å². The van der Waals surface area contributed by atoms with Crippen molar-refractivity contribution in [2.45, 2.75) is 104 Å². The smallest absolute Gasteiger partial charge is 0.309 e. The highest BCUT2D eigenvalue weighted by molar-refractivity contribution is 5.82. The van der Waals surface area contributed by atoms with Crippen molar-refractivity contribution in [2.24, 2.45) is 17.8 Å². The number of carbonyl (C=O) groups is 2. The summed E-state index contributed by atoms with van der Waals surface area (Å²) in [6.07, 6.45) is 13.6. The highest BCUT2D eigenvalue weighted by Crippen LogP contribution is 2.32. The van der Waals surface area contributed by atoms with E-state index in [0.29, 0.717) is 19.1 Å². The van der Waals surface area contributed by atoms with Crippen molar-refractivity contribution in [2.75, 3.05) is 13.2 Å². The Morgan fingerprint density at radius 2 is 1.41 bits per heavy atom. The van der Waals surface area contributed by atoms with Crippen LogP contribution in [0.3, 0.4) is 0 Å². The lowest BCUT2D eigenvalue weighted by Crippen LogP contribution is -2.35. The molecular formula is C23H42O4. The van der Waals surface area contributed by atoms with Crippen molar-refractivity contribution < 1.29 is 19.1 Å². The highest BCUT2D eigenvalue weighted by Gasteiger charge is 2.38. The van der Waals surface area contributed by atoms with Crippen LogP contribution in [0, 0.1) is 17.8 Å². The molecule has 0 amide bonds. The van der Waals surface area contributed by atoms with E-state index >= 15 is 0 Å². The molecule has 1 aliphatic rings. The molecule has 0 aromatic heterocycles. The predicted molar refractivity (Wildman–Crippen MR) is 109 cm³/mol. The van der Waals surface area contributed by atoms with Crippen LogP contribution in [0.1, 0.15) is 104 Å². The number of hydrogen-bond donors (Lipinski definition) is 0. The van der Waals surface area contributed by atoms with Gasteiger partial charge in [0.15, 0.2) is 0 Å². The third kappa shape index (κ3) is 9.62. The largest absolute Gasteiger partial charge is 0.465 e. The fraction of sp³-hybridized carbons (Fsp3) is 0.913. The molecule has 1 saturated carbocycles. The molecule has 0 heterocycles. The Morgan fingerprint density at radius 1 is 0.815 bits per heavy atom. The Hall–Kier alpha value is -1.06. The van der Waals surface area contributed by atoms with Crippen molar-refractivity contribution in [3.8, 4) is 0 Å².